The molecule has 44 heavy (non-hydrogen) atoms. The van der Waals surface area contributed by atoms with Gasteiger partial charge in [0.05, 0.1) is 35.9 Å². The lowest BCUT2D eigenvalue weighted by molar-refractivity contribution is 0.122. The van der Waals surface area contributed by atoms with Gasteiger partial charge in [0.2, 0.25) is 5.95 Å². The van der Waals surface area contributed by atoms with Crippen molar-refractivity contribution in [3.8, 4) is 11.9 Å². The van der Waals surface area contributed by atoms with Crippen LogP contribution < -0.4 is 20.9 Å². The number of rotatable bonds is 8. The summed E-state index contributed by atoms with van der Waals surface area (Å²) in [6, 6.07) is 17.3. The van der Waals surface area contributed by atoms with E-state index in [4.69, 9.17) is 20.0 Å². The number of para-hydroxylation sites is 2. The Bertz CT molecular complexity index is 1640. The molecule has 0 atom stereocenters. The molecule has 1 saturated carbocycles. The Labute approximate surface area is 253 Å². The predicted molar refractivity (Wildman–Crippen MR) is 162 cm³/mol. The summed E-state index contributed by atoms with van der Waals surface area (Å²) in [4.78, 5) is 28.1. The minimum atomic E-state index is -2.78. The quantitative estimate of drug-likeness (QED) is 0.249. The maximum absolute atomic E-state index is 14.2. The molecule has 1 aliphatic heterocycles. The van der Waals surface area contributed by atoms with E-state index in [2.05, 4.69) is 31.9 Å². The highest BCUT2D eigenvalue weighted by molar-refractivity contribution is 5.89. The molecule has 4 aromatic rings. The number of hydrogen-bond donors (Lipinski definition) is 3. The van der Waals surface area contributed by atoms with Crippen molar-refractivity contribution >= 4 is 34.5 Å². The third kappa shape index (κ3) is 6.70. The number of benzene rings is 2. The molecule has 0 bridgehead atoms. The van der Waals surface area contributed by atoms with E-state index >= 15 is 0 Å². The number of morpholine rings is 1. The zero-order valence-electron chi connectivity index (χ0n) is 24.0. The maximum atomic E-state index is 14.2. The number of imidazole rings is 1. The summed E-state index contributed by atoms with van der Waals surface area (Å²) in [5, 5.41) is 18.1. The summed E-state index contributed by atoms with van der Waals surface area (Å²) < 4.78 is 35.2. The number of urea groups is 1. The molecule has 1 saturated heterocycles. The molecule has 3 heterocycles. The molecule has 0 spiro atoms. The number of amides is 2. The number of fused-ring (bicyclic) bond motifs is 1. The fourth-order valence-electron chi connectivity index (χ4n) is 5.72. The number of hydrogen-bond acceptors (Lipinski definition) is 8. The molecular formula is C31H33F2N9O2. The first-order valence-electron chi connectivity index (χ1n) is 14.8. The summed E-state index contributed by atoms with van der Waals surface area (Å²) in [5.74, 6) is 1.32. The Kier molecular flexibility index (Phi) is 8.79. The lowest BCUT2D eigenvalue weighted by Gasteiger charge is -2.31. The number of anilines is 3. The highest BCUT2D eigenvalue weighted by Gasteiger charge is 2.26. The van der Waals surface area contributed by atoms with Crippen LogP contribution in [0.4, 0.5) is 31.0 Å². The van der Waals surface area contributed by atoms with E-state index in [9.17, 15) is 13.6 Å². The van der Waals surface area contributed by atoms with E-state index in [0.717, 1.165) is 25.7 Å². The molecule has 228 valence electrons. The van der Waals surface area contributed by atoms with E-state index in [-0.39, 0.29) is 17.9 Å². The van der Waals surface area contributed by atoms with E-state index in [1.807, 2.05) is 0 Å². The van der Waals surface area contributed by atoms with Crippen LogP contribution in [0.1, 0.15) is 43.5 Å². The normalized spacial score (nSPS) is 18.6. The Hall–Kier alpha value is -4.83. The molecule has 0 radical (unpaired) electrons. The second-order valence-corrected chi connectivity index (χ2v) is 11.0. The van der Waals surface area contributed by atoms with Gasteiger partial charge in [0.1, 0.15) is 11.6 Å². The van der Waals surface area contributed by atoms with Crippen LogP contribution in [0.15, 0.2) is 54.6 Å². The molecule has 1 aliphatic carbocycles. The number of aromatic nitrogens is 4. The lowest BCUT2D eigenvalue weighted by Crippen LogP contribution is -2.37. The first-order chi connectivity index (χ1) is 21.5. The van der Waals surface area contributed by atoms with Crippen LogP contribution in [0.3, 0.4) is 0 Å². The van der Waals surface area contributed by atoms with Gasteiger partial charge < -0.3 is 25.6 Å². The molecule has 2 fully saturated rings. The third-order valence-electron chi connectivity index (χ3n) is 8.05. The fraction of sp³-hybridized carbons (Fsp3) is 0.387. The second kappa shape index (κ2) is 13.2. The smallest absolute Gasteiger partial charge is 0.319 e. The fourth-order valence-corrected chi connectivity index (χ4v) is 5.72. The zero-order valence-corrected chi connectivity index (χ0v) is 24.0. The maximum Gasteiger partial charge on any atom is 0.319 e. The standard InChI is InChI=1S/C31H33F2N9O2/c32-28(33)29-38-24-3-1-2-4-25(24)42(29)27-17-26(41-13-15-44-16-14-41)39-30(40-27)36-22-11-7-21(8-12-22)19-35-31(43)37-23-9-5-20(18-34)6-10-23/h1-6,9-10,17,21-22,28H,7-8,11-16,19H2,(H2,35,37,43)(H,36,39,40)/t21-,22-. The number of nitrogens with zero attached hydrogens (tertiary/aromatic N) is 6. The van der Waals surface area contributed by atoms with Crippen LogP contribution in [0.2, 0.25) is 0 Å². The van der Waals surface area contributed by atoms with Crippen LogP contribution >= 0.6 is 0 Å². The molecule has 11 nitrogen and oxygen atoms in total. The minimum Gasteiger partial charge on any atom is -0.378 e. The van der Waals surface area contributed by atoms with Crippen molar-refractivity contribution in [2.45, 2.75) is 38.2 Å². The van der Waals surface area contributed by atoms with Gasteiger partial charge in [-0.2, -0.15) is 15.2 Å². The molecule has 2 aromatic carbocycles. The predicted octanol–water partition coefficient (Wildman–Crippen LogP) is 5.25. The summed E-state index contributed by atoms with van der Waals surface area (Å²) in [6.45, 7) is 2.94. The van der Waals surface area contributed by atoms with Crippen LogP contribution in [0.5, 0.6) is 0 Å². The van der Waals surface area contributed by atoms with Gasteiger partial charge in [-0.3, -0.25) is 4.57 Å². The highest BCUT2D eigenvalue weighted by atomic mass is 19.3. The van der Waals surface area contributed by atoms with Crippen LogP contribution in [0, 0.1) is 17.2 Å². The average Bonchev–Trinajstić information content (AvgIpc) is 3.45. The van der Waals surface area contributed by atoms with Gasteiger partial charge in [0, 0.05) is 37.4 Å². The first-order valence-corrected chi connectivity index (χ1v) is 14.8. The summed E-state index contributed by atoms with van der Waals surface area (Å²) >= 11 is 0. The monoisotopic (exact) mass is 601 g/mol. The number of ether oxygens (including phenoxy) is 1. The highest BCUT2D eigenvalue weighted by Crippen LogP contribution is 2.31. The lowest BCUT2D eigenvalue weighted by atomic mass is 9.86. The van der Waals surface area contributed by atoms with Gasteiger partial charge in [-0.25, -0.2) is 18.6 Å². The van der Waals surface area contributed by atoms with Crippen molar-refractivity contribution in [2.75, 3.05) is 48.4 Å². The van der Waals surface area contributed by atoms with E-state index in [1.165, 1.54) is 4.57 Å². The van der Waals surface area contributed by atoms with E-state index in [0.29, 0.717) is 78.6 Å². The Balaban J connectivity index is 1.13. The largest absolute Gasteiger partial charge is 0.378 e. The van der Waals surface area contributed by atoms with Crippen LogP contribution in [-0.2, 0) is 4.74 Å². The Morgan fingerprint density at radius 2 is 1.73 bits per heavy atom. The Morgan fingerprint density at radius 1 is 1.00 bits per heavy atom. The van der Waals surface area contributed by atoms with Gasteiger partial charge >= 0.3 is 6.03 Å². The molecule has 3 N–H and O–H groups in total. The van der Waals surface area contributed by atoms with Gasteiger partial charge in [0.25, 0.3) is 6.43 Å². The SMILES string of the molecule is N#Cc1ccc(NC(=O)NC[C@H]2CC[C@H](Nc3nc(N4CCOCC4)cc(-n4c(C(F)F)nc5ccccc54)n3)CC2)cc1. The molecule has 2 amide bonds. The average molecular weight is 602 g/mol. The number of carbonyl (C=O) groups excluding carboxylic acids is 1. The summed E-state index contributed by atoms with van der Waals surface area (Å²) in [7, 11) is 0. The molecule has 2 aromatic heterocycles. The van der Waals surface area contributed by atoms with Crippen molar-refractivity contribution in [3.63, 3.8) is 0 Å². The molecule has 13 heteroatoms. The topological polar surface area (TPSA) is 133 Å². The van der Waals surface area contributed by atoms with Crippen molar-refractivity contribution in [1.82, 2.24) is 24.8 Å². The van der Waals surface area contributed by atoms with Crippen molar-refractivity contribution in [1.29, 1.82) is 5.26 Å². The van der Waals surface area contributed by atoms with Gasteiger partial charge in [-0.1, -0.05) is 12.1 Å². The van der Waals surface area contributed by atoms with Gasteiger partial charge in [-0.05, 0) is 68.0 Å². The number of nitriles is 1. The number of halogens is 2. The van der Waals surface area contributed by atoms with Crippen molar-refractivity contribution in [2.24, 2.45) is 5.92 Å². The van der Waals surface area contributed by atoms with E-state index < -0.39 is 6.43 Å². The number of alkyl halides is 2. The van der Waals surface area contributed by atoms with Crippen LogP contribution in [-0.4, -0.2) is 64.4 Å². The van der Waals surface area contributed by atoms with Gasteiger partial charge in [0.15, 0.2) is 5.82 Å². The molecular weight excluding hydrogens is 568 g/mol. The van der Waals surface area contributed by atoms with Crippen molar-refractivity contribution in [3.05, 3.63) is 66.0 Å². The zero-order chi connectivity index (χ0) is 30.5. The van der Waals surface area contributed by atoms with Crippen molar-refractivity contribution < 1.29 is 18.3 Å². The summed E-state index contributed by atoms with van der Waals surface area (Å²) in [5.41, 5.74) is 2.18. The second-order valence-electron chi connectivity index (χ2n) is 11.0. The number of carbonyl (C=O) groups is 1. The number of nitrogens with one attached hydrogen (secondary N) is 3. The molecule has 0 unspecified atom stereocenters. The minimum absolute atomic E-state index is 0.0978. The van der Waals surface area contributed by atoms with Gasteiger partial charge in [-0.15, -0.1) is 0 Å². The Morgan fingerprint density at radius 3 is 2.45 bits per heavy atom. The first kappa shape index (κ1) is 29.3. The van der Waals surface area contributed by atoms with Crippen LogP contribution in [0.25, 0.3) is 16.9 Å². The van der Waals surface area contributed by atoms with E-state index in [1.54, 1.807) is 54.6 Å². The molecule has 2 aliphatic rings. The third-order valence-corrected chi connectivity index (χ3v) is 8.05. The molecule has 6 rings (SSSR count). The summed E-state index contributed by atoms with van der Waals surface area (Å²) in [6.07, 6.45) is 0.704.